The summed E-state index contributed by atoms with van der Waals surface area (Å²) in [4.78, 5) is 6.61. The number of hydrogen-bond donors (Lipinski definition) is 2. The first-order valence-electron chi connectivity index (χ1n) is 6.41. The minimum Gasteiger partial charge on any atom is -0.359 e. The van der Waals surface area contributed by atoms with Crippen LogP contribution in [0.5, 0.6) is 0 Å². The zero-order chi connectivity index (χ0) is 13.4. The number of thiophene rings is 1. The molecule has 1 unspecified atom stereocenters. The van der Waals surface area contributed by atoms with Crippen LogP contribution in [-0.2, 0) is 0 Å². The van der Waals surface area contributed by atoms with E-state index >= 15 is 0 Å². The Kier molecular flexibility index (Phi) is 6.75. The number of guanidine groups is 1. The molecule has 0 saturated heterocycles. The highest BCUT2D eigenvalue weighted by molar-refractivity contribution is 7.07. The lowest BCUT2D eigenvalue weighted by atomic mass is 10.1. The van der Waals surface area contributed by atoms with E-state index in [1.807, 2.05) is 7.05 Å². The Hall–Kier alpha value is -1.07. The maximum Gasteiger partial charge on any atom is 0.190 e. The van der Waals surface area contributed by atoms with Gasteiger partial charge in [0.05, 0.1) is 6.04 Å². The first-order valence-corrected chi connectivity index (χ1v) is 7.35. The lowest BCUT2D eigenvalue weighted by Crippen LogP contribution is -2.41. The fourth-order valence-electron chi connectivity index (χ4n) is 2.06. The van der Waals surface area contributed by atoms with Crippen LogP contribution in [0.4, 0.5) is 0 Å². The zero-order valence-corrected chi connectivity index (χ0v) is 12.5. The predicted octanol–water partition coefficient (Wildman–Crippen LogP) is 1.93. The van der Waals surface area contributed by atoms with Crippen LogP contribution in [-0.4, -0.2) is 44.6 Å². The van der Waals surface area contributed by atoms with Crippen LogP contribution >= 0.6 is 11.3 Å². The van der Waals surface area contributed by atoms with Gasteiger partial charge in [-0.25, -0.2) is 0 Å². The van der Waals surface area contributed by atoms with Gasteiger partial charge in [-0.05, 0) is 35.5 Å². The van der Waals surface area contributed by atoms with E-state index < -0.39 is 0 Å². The monoisotopic (exact) mass is 268 g/mol. The number of aliphatic imine (C=N–C) groups is 1. The molecule has 5 heteroatoms. The summed E-state index contributed by atoms with van der Waals surface area (Å²) in [6.07, 6.45) is 0. The van der Waals surface area contributed by atoms with Crippen molar-refractivity contribution in [3.05, 3.63) is 22.4 Å². The molecular weight excluding hydrogens is 244 g/mol. The van der Waals surface area contributed by atoms with Crippen molar-refractivity contribution < 1.29 is 0 Å². The first-order chi connectivity index (χ1) is 8.76. The van der Waals surface area contributed by atoms with Crippen molar-refractivity contribution in [2.24, 2.45) is 4.99 Å². The molecule has 102 valence electrons. The van der Waals surface area contributed by atoms with Gasteiger partial charge in [0.2, 0.25) is 0 Å². The molecule has 2 N–H and O–H groups in total. The predicted molar refractivity (Wildman–Crippen MR) is 80.4 cm³/mol. The largest absolute Gasteiger partial charge is 0.359 e. The highest BCUT2D eigenvalue weighted by Gasteiger charge is 2.18. The average Bonchev–Trinajstić information content (AvgIpc) is 2.92. The highest BCUT2D eigenvalue weighted by Crippen LogP contribution is 2.22. The van der Waals surface area contributed by atoms with E-state index in [0.29, 0.717) is 6.04 Å². The van der Waals surface area contributed by atoms with Crippen molar-refractivity contribution >= 4 is 17.3 Å². The molecule has 1 rings (SSSR count). The van der Waals surface area contributed by atoms with E-state index in [4.69, 9.17) is 0 Å². The summed E-state index contributed by atoms with van der Waals surface area (Å²) >= 11 is 1.75. The van der Waals surface area contributed by atoms with E-state index in [-0.39, 0.29) is 0 Å². The topological polar surface area (TPSA) is 39.7 Å². The Labute approximate surface area is 114 Å². The highest BCUT2D eigenvalue weighted by atomic mass is 32.1. The second kappa shape index (κ2) is 8.11. The summed E-state index contributed by atoms with van der Waals surface area (Å²) in [5, 5.41) is 10.8. The molecule has 0 fully saturated rings. The van der Waals surface area contributed by atoms with E-state index in [2.05, 4.69) is 51.2 Å². The van der Waals surface area contributed by atoms with Gasteiger partial charge in [0.25, 0.3) is 0 Å². The molecule has 1 heterocycles. The average molecular weight is 268 g/mol. The summed E-state index contributed by atoms with van der Waals surface area (Å²) in [6.45, 7) is 7.38. The summed E-state index contributed by atoms with van der Waals surface area (Å²) in [7, 11) is 3.67. The normalized spacial score (nSPS) is 13.7. The van der Waals surface area contributed by atoms with Gasteiger partial charge in [0, 0.05) is 20.6 Å². The van der Waals surface area contributed by atoms with Crippen LogP contribution in [0.1, 0.15) is 25.5 Å². The Morgan fingerprint density at radius 2 is 2.17 bits per heavy atom. The van der Waals surface area contributed by atoms with Gasteiger partial charge < -0.3 is 10.6 Å². The van der Waals surface area contributed by atoms with Crippen LogP contribution in [0.2, 0.25) is 0 Å². The van der Waals surface area contributed by atoms with Gasteiger partial charge in [-0.15, -0.1) is 0 Å². The third-order valence-electron chi connectivity index (χ3n) is 3.10. The van der Waals surface area contributed by atoms with Crippen molar-refractivity contribution in [2.75, 3.05) is 33.7 Å². The summed E-state index contributed by atoms with van der Waals surface area (Å²) in [6, 6.07) is 2.61. The molecule has 0 radical (unpaired) electrons. The smallest absolute Gasteiger partial charge is 0.190 e. The lowest BCUT2D eigenvalue weighted by Gasteiger charge is -2.29. The Morgan fingerprint density at radius 1 is 1.44 bits per heavy atom. The molecular formula is C13H24N4S. The lowest BCUT2D eigenvalue weighted by molar-refractivity contribution is 0.219. The minimum atomic E-state index is 0.399. The van der Waals surface area contributed by atoms with Crippen LogP contribution in [0.25, 0.3) is 0 Å². The second-order valence-electron chi connectivity index (χ2n) is 4.00. The first kappa shape index (κ1) is 15.0. The van der Waals surface area contributed by atoms with Crippen LogP contribution < -0.4 is 10.6 Å². The van der Waals surface area contributed by atoms with Crippen molar-refractivity contribution in [2.45, 2.75) is 19.9 Å². The molecule has 4 nitrogen and oxygen atoms in total. The Morgan fingerprint density at radius 3 is 2.61 bits per heavy atom. The molecule has 1 aromatic heterocycles. The molecule has 18 heavy (non-hydrogen) atoms. The Balaban J connectivity index is 2.72. The molecule has 0 saturated carbocycles. The van der Waals surface area contributed by atoms with Gasteiger partial charge in [-0.1, -0.05) is 13.8 Å². The van der Waals surface area contributed by atoms with Gasteiger partial charge in [0.15, 0.2) is 5.96 Å². The molecule has 0 spiro atoms. The number of likely N-dealkylation sites (N-methyl/N-ethyl adjacent to an activating group) is 1. The molecule has 1 atom stereocenters. The van der Waals surface area contributed by atoms with Crippen LogP contribution in [0.15, 0.2) is 21.8 Å². The third kappa shape index (κ3) is 3.99. The maximum atomic E-state index is 4.15. The third-order valence-corrected chi connectivity index (χ3v) is 3.81. The fraction of sp³-hybridized carbons (Fsp3) is 0.615. The molecule has 0 aliphatic rings. The molecule has 0 aliphatic carbocycles. The summed E-state index contributed by atoms with van der Waals surface area (Å²) in [5.74, 6) is 0.836. The van der Waals surface area contributed by atoms with Crippen molar-refractivity contribution in [3.63, 3.8) is 0 Å². The minimum absolute atomic E-state index is 0.399. The quantitative estimate of drug-likeness (QED) is 0.612. The molecule has 0 aliphatic heterocycles. The number of nitrogens with one attached hydrogen (secondary N) is 2. The van der Waals surface area contributed by atoms with Gasteiger partial charge in [-0.2, -0.15) is 11.3 Å². The van der Waals surface area contributed by atoms with Gasteiger partial charge in [0.1, 0.15) is 0 Å². The maximum absolute atomic E-state index is 4.15. The summed E-state index contributed by atoms with van der Waals surface area (Å²) < 4.78 is 0. The molecule has 0 bridgehead atoms. The van der Waals surface area contributed by atoms with Crippen LogP contribution in [0, 0.1) is 0 Å². The molecule has 0 amide bonds. The van der Waals surface area contributed by atoms with E-state index in [9.17, 15) is 0 Å². The summed E-state index contributed by atoms with van der Waals surface area (Å²) in [5.41, 5.74) is 1.38. The van der Waals surface area contributed by atoms with E-state index in [1.165, 1.54) is 5.56 Å². The number of nitrogens with zero attached hydrogens (tertiary/aromatic N) is 2. The van der Waals surface area contributed by atoms with Gasteiger partial charge >= 0.3 is 0 Å². The van der Waals surface area contributed by atoms with E-state index in [1.54, 1.807) is 18.4 Å². The zero-order valence-electron chi connectivity index (χ0n) is 11.7. The van der Waals surface area contributed by atoms with Crippen LogP contribution in [0.3, 0.4) is 0 Å². The standard InChI is InChI=1S/C13H24N4S/c1-5-17(6-2)12(11-7-8-18-10-11)9-16-13(14-3)15-4/h7-8,10,12H,5-6,9H2,1-4H3,(H2,14,15,16). The van der Waals surface area contributed by atoms with Crippen molar-refractivity contribution in [3.8, 4) is 0 Å². The number of rotatable bonds is 6. The van der Waals surface area contributed by atoms with E-state index in [0.717, 1.165) is 25.6 Å². The van der Waals surface area contributed by atoms with Crippen molar-refractivity contribution in [1.82, 2.24) is 15.5 Å². The molecule has 0 aromatic carbocycles. The second-order valence-corrected chi connectivity index (χ2v) is 4.78. The van der Waals surface area contributed by atoms with Crippen molar-refractivity contribution in [1.29, 1.82) is 0 Å². The molecule has 1 aromatic rings. The Bertz CT molecular complexity index is 344. The number of hydrogen-bond acceptors (Lipinski definition) is 3. The fourth-order valence-corrected chi connectivity index (χ4v) is 2.77. The van der Waals surface area contributed by atoms with Gasteiger partial charge in [-0.3, -0.25) is 9.89 Å². The SMILES string of the molecule is CCN(CC)C(CNC(=NC)NC)c1ccsc1.